The Morgan fingerprint density at radius 1 is 1.03 bits per heavy atom. The molecule has 2 N–H and O–H groups in total. The van der Waals surface area contributed by atoms with Gasteiger partial charge in [0.1, 0.15) is 0 Å². The van der Waals surface area contributed by atoms with Gasteiger partial charge in [0, 0.05) is 37.7 Å². The number of anilines is 3. The fourth-order valence-corrected chi connectivity index (χ4v) is 3.57. The fraction of sp³-hybridized carbons (Fsp3) is 0.571. The van der Waals surface area contributed by atoms with Crippen LogP contribution in [-0.2, 0) is 11.3 Å². The summed E-state index contributed by atoms with van der Waals surface area (Å²) in [7, 11) is 4.17. The first-order valence-corrected chi connectivity index (χ1v) is 10.6. The van der Waals surface area contributed by atoms with Crippen molar-refractivity contribution in [3.05, 3.63) is 34.9 Å². The van der Waals surface area contributed by atoms with Crippen molar-refractivity contribution in [2.75, 3.05) is 69.0 Å². The third-order valence-corrected chi connectivity index (χ3v) is 5.00. The highest BCUT2D eigenvalue weighted by Gasteiger charge is 2.21. The van der Waals surface area contributed by atoms with Crippen molar-refractivity contribution in [3.63, 3.8) is 0 Å². The number of aromatic nitrogens is 3. The number of morpholine rings is 1. The Bertz CT molecular complexity index is 808. The van der Waals surface area contributed by atoms with Gasteiger partial charge in [-0.15, -0.1) is 0 Å². The lowest BCUT2D eigenvalue weighted by atomic mass is 9.93. The van der Waals surface area contributed by atoms with Crippen molar-refractivity contribution in [2.45, 2.75) is 20.4 Å². The zero-order valence-corrected chi connectivity index (χ0v) is 19.0. The van der Waals surface area contributed by atoms with E-state index in [4.69, 9.17) is 16.3 Å². The van der Waals surface area contributed by atoms with Crippen molar-refractivity contribution < 1.29 is 4.74 Å². The van der Waals surface area contributed by atoms with Crippen LogP contribution < -0.4 is 15.5 Å². The van der Waals surface area contributed by atoms with E-state index in [0.29, 0.717) is 37.6 Å². The molecule has 0 bridgehead atoms. The highest BCUT2D eigenvalue weighted by molar-refractivity contribution is 6.30. The van der Waals surface area contributed by atoms with Crippen molar-refractivity contribution in [2.24, 2.45) is 5.41 Å². The molecule has 8 nitrogen and oxygen atoms in total. The van der Waals surface area contributed by atoms with Crippen LogP contribution in [0.15, 0.2) is 24.3 Å². The molecule has 0 amide bonds. The summed E-state index contributed by atoms with van der Waals surface area (Å²) in [6, 6.07) is 7.74. The molecule has 2 heterocycles. The molecule has 1 saturated heterocycles. The number of benzene rings is 1. The first-order valence-electron chi connectivity index (χ1n) is 10.3. The Morgan fingerprint density at radius 3 is 2.30 bits per heavy atom. The molecule has 0 unspecified atom stereocenters. The molecule has 3 rings (SSSR count). The van der Waals surface area contributed by atoms with E-state index in [9.17, 15) is 0 Å². The maximum Gasteiger partial charge on any atom is 0.232 e. The SMILES string of the molecule is CN(C)CC(C)(C)CNc1nc(NCc2ccc(Cl)cc2)nc(N2CCOCC2)n1. The monoisotopic (exact) mass is 433 g/mol. The van der Waals surface area contributed by atoms with Crippen LogP contribution in [0.1, 0.15) is 19.4 Å². The van der Waals surface area contributed by atoms with Crippen LogP contribution in [0.5, 0.6) is 0 Å². The summed E-state index contributed by atoms with van der Waals surface area (Å²) in [5.74, 6) is 1.80. The molecule has 1 aromatic carbocycles. The number of hydrogen-bond donors (Lipinski definition) is 2. The zero-order chi connectivity index (χ0) is 21.6. The van der Waals surface area contributed by atoms with Crippen LogP contribution in [0.2, 0.25) is 5.02 Å². The highest BCUT2D eigenvalue weighted by Crippen LogP contribution is 2.20. The smallest absolute Gasteiger partial charge is 0.232 e. The summed E-state index contributed by atoms with van der Waals surface area (Å²) in [5, 5.41) is 7.45. The van der Waals surface area contributed by atoms with E-state index in [2.05, 4.69) is 63.3 Å². The lowest BCUT2D eigenvalue weighted by molar-refractivity contribution is 0.122. The Kier molecular flexibility index (Phi) is 7.69. The molecular weight excluding hydrogens is 402 g/mol. The topological polar surface area (TPSA) is 78.4 Å². The molecule has 1 aliphatic heterocycles. The highest BCUT2D eigenvalue weighted by atomic mass is 35.5. The van der Waals surface area contributed by atoms with E-state index in [1.165, 1.54) is 0 Å². The lowest BCUT2D eigenvalue weighted by Gasteiger charge is -2.29. The number of nitrogens with one attached hydrogen (secondary N) is 2. The van der Waals surface area contributed by atoms with Crippen LogP contribution >= 0.6 is 11.6 Å². The number of hydrogen-bond acceptors (Lipinski definition) is 8. The maximum atomic E-state index is 5.98. The largest absolute Gasteiger partial charge is 0.378 e. The second-order valence-electron chi connectivity index (χ2n) is 8.62. The van der Waals surface area contributed by atoms with Crippen LogP contribution in [0.3, 0.4) is 0 Å². The minimum atomic E-state index is 0.0756. The summed E-state index contributed by atoms with van der Waals surface area (Å²) < 4.78 is 5.47. The van der Waals surface area contributed by atoms with Crippen molar-refractivity contribution in [1.29, 1.82) is 0 Å². The van der Waals surface area contributed by atoms with Crippen molar-refractivity contribution in [1.82, 2.24) is 19.9 Å². The molecule has 2 aromatic rings. The molecule has 9 heteroatoms. The summed E-state index contributed by atoms with van der Waals surface area (Å²) in [4.78, 5) is 18.2. The molecule has 0 saturated carbocycles. The van der Waals surface area contributed by atoms with E-state index >= 15 is 0 Å². The van der Waals surface area contributed by atoms with Crippen molar-refractivity contribution in [3.8, 4) is 0 Å². The molecule has 1 aromatic heterocycles. The summed E-state index contributed by atoms with van der Waals surface area (Å²) in [6.45, 7) is 9.67. The average molecular weight is 434 g/mol. The minimum absolute atomic E-state index is 0.0756. The van der Waals surface area contributed by atoms with Crippen LogP contribution in [-0.4, -0.2) is 73.3 Å². The molecular formula is C21H32ClN7O. The first kappa shape index (κ1) is 22.5. The Balaban J connectivity index is 1.74. The predicted octanol–water partition coefficient (Wildman–Crippen LogP) is 2.97. The van der Waals surface area contributed by atoms with Gasteiger partial charge in [-0.05, 0) is 37.2 Å². The molecule has 0 aliphatic carbocycles. The zero-order valence-electron chi connectivity index (χ0n) is 18.3. The van der Waals surface area contributed by atoms with Gasteiger partial charge in [0.05, 0.1) is 13.2 Å². The van der Waals surface area contributed by atoms with E-state index in [1.54, 1.807) is 0 Å². The van der Waals surface area contributed by atoms with E-state index < -0.39 is 0 Å². The summed E-state index contributed by atoms with van der Waals surface area (Å²) in [6.07, 6.45) is 0. The molecule has 1 fully saturated rings. The standard InChI is InChI=1S/C21H32ClN7O/c1-21(2,15-28(3)4)14-24-19-25-18(23-13-16-5-7-17(22)8-6-16)26-20(27-19)29-9-11-30-12-10-29/h5-8H,9-15H2,1-4H3,(H2,23,24,25,26,27). The van der Waals surface area contributed by atoms with E-state index in [1.807, 2.05) is 24.3 Å². The van der Waals surface area contributed by atoms with Crippen LogP contribution in [0, 0.1) is 5.41 Å². The van der Waals surface area contributed by atoms with Crippen LogP contribution in [0.4, 0.5) is 17.8 Å². The lowest BCUT2D eigenvalue weighted by Crippen LogP contribution is -2.38. The van der Waals surface area contributed by atoms with E-state index in [-0.39, 0.29) is 5.41 Å². The summed E-state index contributed by atoms with van der Waals surface area (Å²) >= 11 is 5.98. The number of rotatable bonds is 9. The summed E-state index contributed by atoms with van der Waals surface area (Å²) in [5.41, 5.74) is 1.18. The van der Waals surface area contributed by atoms with Gasteiger partial charge in [0.15, 0.2) is 0 Å². The molecule has 0 spiro atoms. The second-order valence-corrected chi connectivity index (χ2v) is 9.05. The molecule has 0 atom stereocenters. The van der Waals surface area contributed by atoms with Gasteiger partial charge >= 0.3 is 0 Å². The Labute approximate surface area is 184 Å². The average Bonchev–Trinajstić information content (AvgIpc) is 2.72. The first-order chi connectivity index (χ1) is 14.3. The number of ether oxygens (including phenoxy) is 1. The van der Waals surface area contributed by atoms with Crippen LogP contribution in [0.25, 0.3) is 0 Å². The third-order valence-electron chi connectivity index (χ3n) is 4.75. The number of halogens is 1. The van der Waals surface area contributed by atoms with E-state index in [0.717, 1.165) is 36.8 Å². The molecule has 1 aliphatic rings. The Hall–Kier alpha value is -2.16. The van der Waals surface area contributed by atoms with Crippen molar-refractivity contribution >= 4 is 29.4 Å². The third kappa shape index (κ3) is 6.97. The molecule has 164 valence electrons. The minimum Gasteiger partial charge on any atom is -0.378 e. The van der Waals surface area contributed by atoms with Gasteiger partial charge in [-0.3, -0.25) is 0 Å². The quantitative estimate of drug-likeness (QED) is 0.624. The maximum absolute atomic E-state index is 5.98. The molecule has 30 heavy (non-hydrogen) atoms. The van der Waals surface area contributed by atoms with Gasteiger partial charge in [-0.2, -0.15) is 15.0 Å². The van der Waals surface area contributed by atoms with Gasteiger partial charge < -0.3 is 25.2 Å². The fourth-order valence-electron chi connectivity index (χ4n) is 3.44. The second kappa shape index (κ2) is 10.2. The van der Waals surface area contributed by atoms with Gasteiger partial charge in [0.2, 0.25) is 17.8 Å². The van der Waals surface area contributed by atoms with Gasteiger partial charge in [-0.1, -0.05) is 37.6 Å². The number of nitrogens with zero attached hydrogens (tertiary/aromatic N) is 5. The normalized spacial score (nSPS) is 14.8. The van der Waals surface area contributed by atoms with Gasteiger partial charge in [-0.25, -0.2) is 0 Å². The Morgan fingerprint density at radius 2 is 1.67 bits per heavy atom. The van der Waals surface area contributed by atoms with Gasteiger partial charge in [0.25, 0.3) is 0 Å². The predicted molar refractivity (Wildman–Crippen MR) is 122 cm³/mol. The molecule has 0 radical (unpaired) electrons.